The van der Waals surface area contributed by atoms with Crippen molar-refractivity contribution in [2.24, 2.45) is 5.92 Å². The van der Waals surface area contributed by atoms with Gasteiger partial charge in [0.1, 0.15) is 0 Å². The van der Waals surface area contributed by atoms with Crippen LogP contribution in [-0.2, 0) is 10.8 Å². The molecule has 6 heteroatoms. The van der Waals surface area contributed by atoms with E-state index in [0.29, 0.717) is 17.9 Å². The number of hydrogen-bond donors (Lipinski definition) is 0. The third-order valence-electron chi connectivity index (χ3n) is 3.15. The molecule has 1 rings (SSSR count). The quantitative estimate of drug-likeness (QED) is 0.679. The summed E-state index contributed by atoms with van der Waals surface area (Å²) in [6.07, 6.45) is 0.115. The second-order valence-electron chi connectivity index (χ2n) is 4.68. The lowest BCUT2D eigenvalue weighted by Gasteiger charge is -2.30. The first-order valence-corrected chi connectivity index (χ1v) is 8.95. The van der Waals surface area contributed by atoms with Gasteiger partial charge in [0.2, 0.25) is 0 Å². The highest BCUT2D eigenvalue weighted by atomic mass is 32.2. The fraction of sp³-hybridized carbons (Fsp3) is 1.00. The van der Waals surface area contributed by atoms with Gasteiger partial charge in [-0.15, -0.1) is 11.8 Å². The first kappa shape index (κ1) is 16.3. The van der Waals surface area contributed by atoms with Gasteiger partial charge in [-0.05, 0) is 18.6 Å². The average Bonchev–Trinajstić information content (AvgIpc) is 2.29. The zero-order chi connectivity index (χ0) is 13.6. The molecule has 0 radical (unpaired) electrons. The Morgan fingerprint density at radius 1 is 1.33 bits per heavy atom. The molecule has 0 bridgehead atoms. The summed E-state index contributed by atoms with van der Waals surface area (Å²) in [5, 5.41) is 0. The van der Waals surface area contributed by atoms with Crippen LogP contribution in [0.25, 0.3) is 0 Å². The molecule has 0 aromatic rings. The predicted molar refractivity (Wildman–Crippen MR) is 72.2 cm³/mol. The van der Waals surface area contributed by atoms with Crippen LogP contribution in [0.4, 0.5) is 13.2 Å². The zero-order valence-electron chi connectivity index (χ0n) is 10.7. The van der Waals surface area contributed by atoms with Crippen LogP contribution in [0.5, 0.6) is 0 Å². The fourth-order valence-corrected chi connectivity index (χ4v) is 5.89. The molecular formula is C12H21F3OS2. The van der Waals surface area contributed by atoms with Gasteiger partial charge >= 0.3 is 6.18 Å². The molecule has 1 nitrogen and oxygen atoms in total. The molecular weight excluding hydrogens is 281 g/mol. The lowest BCUT2D eigenvalue weighted by molar-refractivity contribution is -0.172. The van der Waals surface area contributed by atoms with Crippen molar-refractivity contribution in [2.75, 3.05) is 11.5 Å². The van der Waals surface area contributed by atoms with E-state index in [9.17, 15) is 17.4 Å². The van der Waals surface area contributed by atoms with Crippen LogP contribution in [0.2, 0.25) is 0 Å². The Labute approximate surface area is 114 Å². The van der Waals surface area contributed by atoms with Gasteiger partial charge in [0.15, 0.2) is 0 Å². The van der Waals surface area contributed by atoms with Gasteiger partial charge in [-0.1, -0.05) is 32.6 Å². The van der Waals surface area contributed by atoms with Crippen molar-refractivity contribution in [3.63, 3.8) is 0 Å². The van der Waals surface area contributed by atoms with Crippen molar-refractivity contribution in [1.82, 2.24) is 0 Å². The van der Waals surface area contributed by atoms with Crippen LogP contribution in [-0.4, -0.2) is 26.5 Å². The molecule has 0 spiro atoms. The summed E-state index contributed by atoms with van der Waals surface area (Å²) in [5.41, 5.74) is 0. The van der Waals surface area contributed by atoms with E-state index < -0.39 is 27.5 Å². The van der Waals surface area contributed by atoms with Gasteiger partial charge < -0.3 is 0 Å². The van der Waals surface area contributed by atoms with Gasteiger partial charge in [0, 0.05) is 16.6 Å². The molecule has 1 unspecified atom stereocenters. The van der Waals surface area contributed by atoms with E-state index in [1.165, 1.54) is 11.8 Å². The molecule has 0 aliphatic carbocycles. The maximum absolute atomic E-state index is 13.0. The third-order valence-corrected chi connectivity index (χ3v) is 6.92. The van der Waals surface area contributed by atoms with Gasteiger partial charge in [0.25, 0.3) is 0 Å². The molecule has 0 aromatic heterocycles. The normalized spacial score (nSPS) is 27.1. The zero-order valence-corrected chi connectivity index (χ0v) is 12.3. The molecule has 1 aliphatic rings. The minimum Gasteiger partial charge on any atom is -0.258 e. The molecule has 0 aromatic carbocycles. The summed E-state index contributed by atoms with van der Waals surface area (Å²) < 4.78 is 50.1. The van der Waals surface area contributed by atoms with Crippen LogP contribution in [0, 0.1) is 5.92 Å². The van der Waals surface area contributed by atoms with Crippen molar-refractivity contribution in [3.8, 4) is 0 Å². The standard InChI is InChI=1S/C12H21F3OS2/c1-2-3-4-5-7-10(12(13,14)15)11-17-8-6-9-18(11)16/h10-11H,2-9H2,1H3/t10-,11+,18?/m1/s1. The van der Waals surface area contributed by atoms with E-state index in [-0.39, 0.29) is 6.42 Å². The molecule has 1 heterocycles. The van der Waals surface area contributed by atoms with Crippen LogP contribution in [0.15, 0.2) is 0 Å². The third kappa shape index (κ3) is 5.11. The maximum atomic E-state index is 13.0. The Bertz CT molecular complexity index is 269. The van der Waals surface area contributed by atoms with Gasteiger partial charge in [0.05, 0.1) is 10.5 Å². The molecule has 0 N–H and O–H groups in total. The molecule has 108 valence electrons. The van der Waals surface area contributed by atoms with Crippen molar-refractivity contribution >= 4 is 22.6 Å². The second-order valence-corrected chi connectivity index (χ2v) is 7.90. The smallest absolute Gasteiger partial charge is 0.258 e. The van der Waals surface area contributed by atoms with Crippen LogP contribution >= 0.6 is 11.8 Å². The Hall–Kier alpha value is 0.290. The molecule has 18 heavy (non-hydrogen) atoms. The van der Waals surface area contributed by atoms with Crippen LogP contribution < -0.4 is 0 Å². The highest BCUT2D eigenvalue weighted by Gasteiger charge is 2.47. The minimum absolute atomic E-state index is 0.132. The Morgan fingerprint density at radius 3 is 2.61 bits per heavy atom. The number of halogens is 3. The van der Waals surface area contributed by atoms with E-state index in [1.54, 1.807) is 0 Å². The highest BCUT2D eigenvalue weighted by molar-refractivity contribution is 8.11. The molecule has 0 saturated carbocycles. The number of alkyl halides is 3. The summed E-state index contributed by atoms with van der Waals surface area (Å²) >= 11 is 1.25. The Kier molecular flexibility index (Phi) is 7.06. The summed E-state index contributed by atoms with van der Waals surface area (Å²) in [4.78, 5) is 0. The van der Waals surface area contributed by atoms with E-state index in [1.807, 2.05) is 6.92 Å². The number of unbranched alkanes of at least 4 members (excludes halogenated alkanes) is 3. The van der Waals surface area contributed by atoms with Crippen LogP contribution in [0.3, 0.4) is 0 Å². The first-order valence-electron chi connectivity index (χ1n) is 6.52. The topological polar surface area (TPSA) is 17.1 Å². The number of rotatable bonds is 6. The molecule has 0 amide bonds. The summed E-state index contributed by atoms with van der Waals surface area (Å²) in [6, 6.07) is 0. The van der Waals surface area contributed by atoms with Crippen LogP contribution in [0.1, 0.15) is 45.4 Å². The molecule has 1 aliphatic heterocycles. The SMILES string of the molecule is CCCCCC[C@H]([C@H]1SCCCS1=O)C(F)(F)F. The van der Waals surface area contributed by atoms with Crippen molar-refractivity contribution in [2.45, 2.75) is 56.2 Å². The number of thioether (sulfide) groups is 1. The first-order chi connectivity index (χ1) is 8.46. The van der Waals surface area contributed by atoms with Crippen molar-refractivity contribution < 1.29 is 17.4 Å². The molecule has 3 atom stereocenters. The number of hydrogen-bond acceptors (Lipinski definition) is 2. The monoisotopic (exact) mass is 302 g/mol. The van der Waals surface area contributed by atoms with E-state index in [4.69, 9.17) is 0 Å². The van der Waals surface area contributed by atoms with Gasteiger partial charge in [-0.2, -0.15) is 13.2 Å². The Morgan fingerprint density at radius 2 is 2.06 bits per heavy atom. The lowest BCUT2D eigenvalue weighted by Crippen LogP contribution is -2.37. The van der Waals surface area contributed by atoms with Crippen molar-refractivity contribution in [1.29, 1.82) is 0 Å². The maximum Gasteiger partial charge on any atom is 0.393 e. The van der Waals surface area contributed by atoms with E-state index in [0.717, 1.165) is 25.7 Å². The molecule has 1 fully saturated rings. The van der Waals surface area contributed by atoms with Crippen molar-refractivity contribution in [3.05, 3.63) is 0 Å². The fourth-order valence-electron chi connectivity index (χ4n) is 2.14. The minimum atomic E-state index is -4.21. The summed E-state index contributed by atoms with van der Waals surface area (Å²) in [7, 11) is -1.32. The summed E-state index contributed by atoms with van der Waals surface area (Å²) in [5.74, 6) is -0.252. The van der Waals surface area contributed by atoms with Gasteiger partial charge in [-0.3, -0.25) is 4.21 Å². The van der Waals surface area contributed by atoms with E-state index >= 15 is 0 Å². The lowest BCUT2D eigenvalue weighted by atomic mass is 10.0. The largest absolute Gasteiger partial charge is 0.393 e. The highest BCUT2D eigenvalue weighted by Crippen LogP contribution is 2.41. The molecule has 1 saturated heterocycles. The average molecular weight is 302 g/mol. The van der Waals surface area contributed by atoms with E-state index in [2.05, 4.69) is 0 Å². The predicted octanol–water partition coefficient (Wildman–Crippen LogP) is 4.35. The second kappa shape index (κ2) is 7.78. The van der Waals surface area contributed by atoms with Gasteiger partial charge in [-0.25, -0.2) is 0 Å². The summed E-state index contributed by atoms with van der Waals surface area (Å²) in [6.45, 7) is 2.04. The Balaban J connectivity index is 2.57.